The summed E-state index contributed by atoms with van der Waals surface area (Å²) in [6, 6.07) is 17.5. The van der Waals surface area contributed by atoms with Gasteiger partial charge in [-0.15, -0.1) is 0 Å². The van der Waals surface area contributed by atoms with Crippen molar-refractivity contribution in [1.82, 2.24) is 0 Å². The summed E-state index contributed by atoms with van der Waals surface area (Å²) >= 11 is 0. The van der Waals surface area contributed by atoms with Crippen LogP contribution in [-0.2, 0) is 0 Å². The Morgan fingerprint density at radius 3 is 1.90 bits per heavy atom. The summed E-state index contributed by atoms with van der Waals surface area (Å²) in [6.07, 6.45) is -0.837. The second-order valence-corrected chi connectivity index (χ2v) is 4.57. The molecule has 0 aliphatic carbocycles. The number of benzene rings is 2. The van der Waals surface area contributed by atoms with Crippen LogP contribution in [0.25, 0.3) is 0 Å². The Labute approximate surface area is 117 Å². The Hall–Kier alpha value is -2.26. The molecule has 0 spiro atoms. The summed E-state index contributed by atoms with van der Waals surface area (Å²) < 4.78 is 0. The lowest BCUT2D eigenvalue weighted by molar-refractivity contribution is 0.0715. The molecule has 3 nitrogen and oxygen atoms in total. The normalized spacial score (nSPS) is 11.8. The fourth-order valence-corrected chi connectivity index (χ4v) is 1.96. The number of carbonyl (C=O) groups is 2. The molecule has 0 amide bonds. The van der Waals surface area contributed by atoms with Gasteiger partial charge in [0.05, 0.1) is 0 Å². The first kappa shape index (κ1) is 14.2. The van der Waals surface area contributed by atoms with Gasteiger partial charge in [-0.05, 0) is 6.42 Å². The molecule has 2 aromatic carbocycles. The van der Waals surface area contributed by atoms with Crippen LogP contribution in [0.4, 0.5) is 0 Å². The maximum Gasteiger partial charge on any atom is 0.191 e. The fraction of sp³-hybridized carbons (Fsp3) is 0.176. The number of rotatable bonds is 6. The molecule has 1 N–H and O–H groups in total. The van der Waals surface area contributed by atoms with E-state index in [-0.39, 0.29) is 24.4 Å². The van der Waals surface area contributed by atoms with E-state index < -0.39 is 6.10 Å². The fourth-order valence-electron chi connectivity index (χ4n) is 1.96. The van der Waals surface area contributed by atoms with Crippen LogP contribution >= 0.6 is 0 Å². The van der Waals surface area contributed by atoms with Crippen LogP contribution in [0.1, 0.15) is 33.6 Å². The molecule has 0 saturated heterocycles. The zero-order chi connectivity index (χ0) is 14.4. The van der Waals surface area contributed by atoms with Gasteiger partial charge in [-0.3, -0.25) is 9.59 Å². The Kier molecular flexibility index (Phi) is 4.80. The Bertz CT molecular complexity index is 576. The first-order valence-corrected chi connectivity index (χ1v) is 6.54. The first-order chi connectivity index (χ1) is 9.68. The summed E-state index contributed by atoms with van der Waals surface area (Å²) in [5.74, 6) is -0.406. The highest BCUT2D eigenvalue weighted by Crippen LogP contribution is 2.11. The molecule has 1 atom stereocenters. The predicted octanol–water partition coefficient (Wildman–Crippen LogP) is 2.89. The summed E-state index contributed by atoms with van der Waals surface area (Å²) in [5, 5.41) is 9.87. The zero-order valence-corrected chi connectivity index (χ0v) is 11.0. The molecular formula is C17H16O3. The number of hydrogen-bond acceptors (Lipinski definition) is 3. The van der Waals surface area contributed by atoms with E-state index in [9.17, 15) is 14.7 Å². The van der Waals surface area contributed by atoms with Gasteiger partial charge in [-0.25, -0.2) is 0 Å². The lowest BCUT2D eigenvalue weighted by atomic mass is 9.99. The van der Waals surface area contributed by atoms with Crippen molar-refractivity contribution in [2.45, 2.75) is 18.9 Å². The van der Waals surface area contributed by atoms with Gasteiger partial charge in [0.1, 0.15) is 6.10 Å². The van der Waals surface area contributed by atoms with Crippen LogP contribution in [0.5, 0.6) is 0 Å². The number of carbonyl (C=O) groups excluding carboxylic acids is 2. The molecular weight excluding hydrogens is 252 g/mol. The molecule has 2 aromatic rings. The van der Waals surface area contributed by atoms with Crippen molar-refractivity contribution in [1.29, 1.82) is 0 Å². The molecule has 0 saturated carbocycles. The molecule has 20 heavy (non-hydrogen) atoms. The third-order valence-electron chi connectivity index (χ3n) is 3.10. The molecule has 0 aromatic heterocycles. The van der Waals surface area contributed by atoms with Gasteiger partial charge < -0.3 is 5.11 Å². The largest absolute Gasteiger partial charge is 0.385 e. The van der Waals surface area contributed by atoms with E-state index in [2.05, 4.69) is 0 Å². The Morgan fingerprint density at radius 2 is 1.35 bits per heavy atom. The summed E-state index contributed by atoms with van der Waals surface area (Å²) in [6.45, 7) is 0. The van der Waals surface area contributed by atoms with Gasteiger partial charge in [-0.1, -0.05) is 60.7 Å². The van der Waals surface area contributed by atoms with Crippen molar-refractivity contribution in [2.75, 3.05) is 0 Å². The Balaban J connectivity index is 1.91. The number of aliphatic hydroxyl groups excluding tert-OH is 1. The van der Waals surface area contributed by atoms with E-state index in [4.69, 9.17) is 0 Å². The third kappa shape index (κ3) is 3.62. The molecule has 3 heteroatoms. The highest BCUT2D eigenvalue weighted by atomic mass is 16.3. The van der Waals surface area contributed by atoms with Gasteiger partial charge in [0, 0.05) is 17.5 Å². The van der Waals surface area contributed by atoms with E-state index in [1.165, 1.54) is 0 Å². The number of ketones is 2. The maximum absolute atomic E-state index is 11.9. The highest BCUT2D eigenvalue weighted by Gasteiger charge is 2.18. The monoisotopic (exact) mass is 268 g/mol. The van der Waals surface area contributed by atoms with Gasteiger partial charge in [0.2, 0.25) is 0 Å². The van der Waals surface area contributed by atoms with Crippen molar-refractivity contribution >= 4 is 11.6 Å². The average Bonchev–Trinajstić information content (AvgIpc) is 2.53. The van der Waals surface area contributed by atoms with Crippen LogP contribution in [0.3, 0.4) is 0 Å². The third-order valence-corrected chi connectivity index (χ3v) is 3.10. The predicted molar refractivity (Wildman–Crippen MR) is 76.8 cm³/mol. The number of hydrogen-bond donors (Lipinski definition) is 1. The van der Waals surface area contributed by atoms with Crippen molar-refractivity contribution < 1.29 is 14.7 Å². The minimum atomic E-state index is -1.13. The molecule has 0 heterocycles. The maximum atomic E-state index is 11.9. The van der Waals surface area contributed by atoms with E-state index >= 15 is 0 Å². The lowest BCUT2D eigenvalue weighted by Gasteiger charge is -2.09. The molecule has 0 radical (unpaired) electrons. The Morgan fingerprint density at radius 1 is 0.850 bits per heavy atom. The van der Waals surface area contributed by atoms with Crippen molar-refractivity contribution in [2.24, 2.45) is 0 Å². The van der Waals surface area contributed by atoms with E-state index in [1.807, 2.05) is 12.1 Å². The molecule has 0 aliphatic rings. The molecule has 0 aliphatic heterocycles. The van der Waals surface area contributed by atoms with Crippen LogP contribution in [0, 0.1) is 0 Å². The van der Waals surface area contributed by atoms with E-state index in [0.717, 1.165) is 0 Å². The molecule has 0 fully saturated rings. The van der Waals surface area contributed by atoms with Crippen LogP contribution < -0.4 is 0 Å². The van der Waals surface area contributed by atoms with Crippen molar-refractivity contribution in [3.05, 3.63) is 71.8 Å². The van der Waals surface area contributed by atoms with Gasteiger partial charge in [-0.2, -0.15) is 0 Å². The molecule has 0 bridgehead atoms. The zero-order valence-electron chi connectivity index (χ0n) is 11.0. The summed E-state index contributed by atoms with van der Waals surface area (Å²) in [5.41, 5.74) is 1.07. The smallest absolute Gasteiger partial charge is 0.191 e. The lowest BCUT2D eigenvalue weighted by Crippen LogP contribution is -2.21. The van der Waals surface area contributed by atoms with Gasteiger partial charge in [0.25, 0.3) is 0 Å². The average molecular weight is 268 g/mol. The minimum absolute atomic E-state index is 0.0643. The first-order valence-electron chi connectivity index (χ1n) is 6.54. The minimum Gasteiger partial charge on any atom is -0.385 e. The van der Waals surface area contributed by atoms with Gasteiger partial charge in [0.15, 0.2) is 11.6 Å². The second kappa shape index (κ2) is 6.78. The second-order valence-electron chi connectivity index (χ2n) is 4.57. The van der Waals surface area contributed by atoms with Crippen molar-refractivity contribution in [3.63, 3.8) is 0 Å². The van der Waals surface area contributed by atoms with Crippen molar-refractivity contribution in [3.8, 4) is 0 Å². The number of aliphatic hydroxyl groups is 1. The van der Waals surface area contributed by atoms with Crippen LogP contribution in [0.2, 0.25) is 0 Å². The van der Waals surface area contributed by atoms with Gasteiger partial charge >= 0.3 is 0 Å². The highest BCUT2D eigenvalue weighted by molar-refractivity contribution is 6.00. The topological polar surface area (TPSA) is 54.4 Å². The quantitative estimate of drug-likeness (QED) is 0.819. The van der Waals surface area contributed by atoms with E-state index in [0.29, 0.717) is 11.1 Å². The van der Waals surface area contributed by atoms with Crippen LogP contribution in [0.15, 0.2) is 60.7 Å². The van der Waals surface area contributed by atoms with E-state index in [1.54, 1.807) is 48.5 Å². The SMILES string of the molecule is O=C(CCC(O)C(=O)c1ccccc1)c1ccccc1. The molecule has 102 valence electrons. The molecule has 2 rings (SSSR count). The summed E-state index contributed by atoms with van der Waals surface area (Å²) in [7, 11) is 0. The van der Waals surface area contributed by atoms with Crippen LogP contribution in [-0.4, -0.2) is 22.8 Å². The summed E-state index contributed by atoms with van der Waals surface area (Å²) in [4.78, 5) is 23.8. The standard InChI is InChI=1S/C17H16O3/c18-15(13-7-3-1-4-8-13)11-12-16(19)17(20)14-9-5-2-6-10-14/h1-10,16,19H,11-12H2. The molecule has 1 unspecified atom stereocenters. The number of Topliss-reactive ketones (excluding diaryl/α,β-unsaturated/α-hetero) is 2.